The second-order valence-corrected chi connectivity index (χ2v) is 6.35. The number of carbonyl (C=O) groups is 3. The van der Waals surface area contributed by atoms with Gasteiger partial charge in [-0.25, -0.2) is 8.78 Å². The lowest BCUT2D eigenvalue weighted by atomic mass is 10.1. The van der Waals surface area contributed by atoms with E-state index in [0.717, 1.165) is 12.1 Å². The summed E-state index contributed by atoms with van der Waals surface area (Å²) in [5.41, 5.74) is 0.362. The van der Waals surface area contributed by atoms with Gasteiger partial charge < -0.3 is 16.0 Å². The van der Waals surface area contributed by atoms with Crippen molar-refractivity contribution >= 4 is 23.4 Å². The molecule has 3 amide bonds. The highest BCUT2D eigenvalue weighted by atomic mass is 19.1. The maximum absolute atomic E-state index is 13.6. The molecule has 2 rings (SSSR count). The maximum Gasteiger partial charge on any atom is 0.254 e. The zero-order chi connectivity index (χ0) is 20.7. The molecule has 2 aromatic carbocycles. The number of rotatable bonds is 7. The topological polar surface area (TPSA) is 87.3 Å². The van der Waals surface area contributed by atoms with Crippen LogP contribution in [0.4, 0.5) is 14.5 Å². The van der Waals surface area contributed by atoms with Crippen LogP contribution in [0.1, 0.15) is 41.0 Å². The van der Waals surface area contributed by atoms with Crippen molar-refractivity contribution in [1.29, 1.82) is 0 Å². The fourth-order valence-corrected chi connectivity index (χ4v) is 2.40. The predicted molar refractivity (Wildman–Crippen MR) is 101 cm³/mol. The van der Waals surface area contributed by atoms with Crippen molar-refractivity contribution in [3.63, 3.8) is 0 Å². The number of hydrogen-bond donors (Lipinski definition) is 3. The van der Waals surface area contributed by atoms with Gasteiger partial charge >= 0.3 is 0 Å². The molecule has 0 aliphatic carbocycles. The first-order chi connectivity index (χ1) is 13.3. The number of hydrogen-bond acceptors (Lipinski definition) is 3. The number of nitrogens with one attached hydrogen (secondary N) is 3. The smallest absolute Gasteiger partial charge is 0.254 e. The van der Waals surface area contributed by atoms with Crippen LogP contribution in [-0.4, -0.2) is 30.3 Å². The third-order valence-corrected chi connectivity index (χ3v) is 3.68. The first-order valence-electron chi connectivity index (χ1n) is 8.71. The van der Waals surface area contributed by atoms with Crippen LogP contribution in [0.3, 0.4) is 0 Å². The lowest BCUT2D eigenvalue weighted by Gasteiger charge is -2.13. The molecule has 0 bridgehead atoms. The van der Waals surface area contributed by atoms with Crippen LogP contribution in [0.5, 0.6) is 0 Å². The van der Waals surface area contributed by atoms with Crippen molar-refractivity contribution in [1.82, 2.24) is 10.6 Å². The Balaban J connectivity index is 1.91. The molecule has 0 aromatic heterocycles. The quantitative estimate of drug-likeness (QED) is 0.681. The van der Waals surface area contributed by atoms with Crippen LogP contribution in [-0.2, 0) is 4.79 Å². The molecule has 0 heterocycles. The van der Waals surface area contributed by atoms with E-state index in [0.29, 0.717) is 17.3 Å². The van der Waals surface area contributed by atoms with Gasteiger partial charge in [-0.05, 0) is 38.1 Å². The number of anilines is 1. The molecule has 0 radical (unpaired) electrons. The van der Waals surface area contributed by atoms with Gasteiger partial charge in [0.25, 0.3) is 11.8 Å². The van der Waals surface area contributed by atoms with E-state index < -0.39 is 23.4 Å². The largest absolute Gasteiger partial charge is 0.351 e. The molecule has 3 N–H and O–H groups in total. The van der Waals surface area contributed by atoms with E-state index in [1.165, 1.54) is 0 Å². The Morgan fingerprint density at radius 3 is 2.36 bits per heavy atom. The van der Waals surface area contributed by atoms with Crippen molar-refractivity contribution in [2.75, 3.05) is 11.9 Å². The third kappa shape index (κ3) is 5.87. The fourth-order valence-electron chi connectivity index (χ4n) is 2.40. The van der Waals surface area contributed by atoms with Crippen LogP contribution in [0.15, 0.2) is 42.5 Å². The Bertz CT molecular complexity index is 885. The van der Waals surface area contributed by atoms with Gasteiger partial charge in [0.2, 0.25) is 5.91 Å². The van der Waals surface area contributed by atoms with E-state index in [2.05, 4.69) is 16.0 Å². The van der Waals surface area contributed by atoms with E-state index >= 15 is 0 Å². The number of amides is 3. The Morgan fingerprint density at radius 1 is 0.964 bits per heavy atom. The van der Waals surface area contributed by atoms with E-state index in [-0.39, 0.29) is 30.5 Å². The molecule has 0 fully saturated rings. The van der Waals surface area contributed by atoms with Gasteiger partial charge in [0.05, 0.1) is 16.8 Å². The predicted octanol–water partition coefficient (Wildman–Crippen LogP) is 2.86. The van der Waals surface area contributed by atoms with Crippen LogP contribution < -0.4 is 16.0 Å². The Labute approximate surface area is 161 Å². The van der Waals surface area contributed by atoms with E-state index in [4.69, 9.17) is 0 Å². The molecule has 0 aliphatic rings. The minimum Gasteiger partial charge on any atom is -0.351 e. The van der Waals surface area contributed by atoms with E-state index in [1.807, 2.05) is 13.8 Å². The second-order valence-electron chi connectivity index (χ2n) is 6.35. The molecule has 148 valence electrons. The first kappa shape index (κ1) is 21.0. The molecule has 0 saturated heterocycles. The van der Waals surface area contributed by atoms with E-state index in [9.17, 15) is 23.2 Å². The zero-order valence-electron chi connectivity index (χ0n) is 15.5. The van der Waals surface area contributed by atoms with Crippen molar-refractivity contribution < 1.29 is 23.2 Å². The molecule has 2 aromatic rings. The Morgan fingerprint density at radius 2 is 1.68 bits per heavy atom. The average Bonchev–Trinajstić information content (AvgIpc) is 2.61. The maximum atomic E-state index is 13.6. The summed E-state index contributed by atoms with van der Waals surface area (Å²) in [6.45, 7) is 3.60. The van der Waals surface area contributed by atoms with Crippen LogP contribution in [0, 0.1) is 11.6 Å². The Hall–Kier alpha value is -3.29. The molecule has 0 atom stereocenters. The summed E-state index contributed by atoms with van der Waals surface area (Å²) in [4.78, 5) is 36.2. The summed E-state index contributed by atoms with van der Waals surface area (Å²) >= 11 is 0. The van der Waals surface area contributed by atoms with Crippen molar-refractivity contribution in [3.8, 4) is 0 Å². The molecule has 28 heavy (non-hydrogen) atoms. The van der Waals surface area contributed by atoms with Gasteiger partial charge in [-0.15, -0.1) is 0 Å². The normalized spacial score (nSPS) is 10.5. The fraction of sp³-hybridized carbons (Fsp3) is 0.250. The van der Waals surface area contributed by atoms with Gasteiger partial charge in [0, 0.05) is 25.1 Å². The minimum absolute atomic E-state index is 0.0537. The number of para-hydroxylation sites is 1. The molecule has 0 spiro atoms. The van der Waals surface area contributed by atoms with Crippen LogP contribution in [0.2, 0.25) is 0 Å². The Kier molecular flexibility index (Phi) is 7.20. The van der Waals surface area contributed by atoms with Gasteiger partial charge in [0.15, 0.2) is 0 Å². The highest BCUT2D eigenvalue weighted by Crippen LogP contribution is 2.15. The summed E-state index contributed by atoms with van der Waals surface area (Å²) in [7, 11) is 0. The molecular weight excluding hydrogens is 368 g/mol. The summed E-state index contributed by atoms with van der Waals surface area (Å²) in [6, 6.07) is 9.11. The summed E-state index contributed by atoms with van der Waals surface area (Å²) in [5, 5.41) is 7.77. The first-order valence-corrected chi connectivity index (χ1v) is 8.71. The number of halogens is 2. The molecular formula is C20H21F2N3O3. The lowest BCUT2D eigenvalue weighted by molar-refractivity contribution is -0.116. The van der Waals surface area contributed by atoms with Crippen LogP contribution >= 0.6 is 0 Å². The van der Waals surface area contributed by atoms with Crippen molar-refractivity contribution in [3.05, 3.63) is 65.2 Å². The summed E-state index contributed by atoms with van der Waals surface area (Å²) in [6.07, 6.45) is -0.0886. The standard InChI is InChI=1S/C20H21F2N3O3/c1-12(2)24-20(28)15-5-3-4-6-17(15)25-18(26)9-10-23-19(27)14-8-7-13(21)11-16(14)22/h3-8,11-12H,9-10H2,1-2H3,(H,23,27)(H,24,28)(H,25,26). The van der Waals surface area contributed by atoms with Crippen LogP contribution in [0.25, 0.3) is 0 Å². The van der Waals surface area contributed by atoms with Gasteiger partial charge in [-0.1, -0.05) is 12.1 Å². The minimum atomic E-state index is -0.980. The van der Waals surface area contributed by atoms with Gasteiger partial charge in [-0.3, -0.25) is 14.4 Å². The van der Waals surface area contributed by atoms with Gasteiger partial charge in [0.1, 0.15) is 11.6 Å². The van der Waals surface area contributed by atoms with Crippen molar-refractivity contribution in [2.24, 2.45) is 0 Å². The van der Waals surface area contributed by atoms with E-state index in [1.54, 1.807) is 24.3 Å². The highest BCUT2D eigenvalue weighted by molar-refractivity contribution is 6.04. The zero-order valence-corrected chi connectivity index (χ0v) is 15.5. The van der Waals surface area contributed by atoms with Crippen molar-refractivity contribution in [2.45, 2.75) is 26.3 Å². The summed E-state index contributed by atoms with van der Waals surface area (Å²) < 4.78 is 26.4. The molecule has 8 heteroatoms. The van der Waals surface area contributed by atoms with Gasteiger partial charge in [-0.2, -0.15) is 0 Å². The molecule has 0 saturated carbocycles. The molecule has 0 aliphatic heterocycles. The monoisotopic (exact) mass is 389 g/mol. The number of benzene rings is 2. The SMILES string of the molecule is CC(C)NC(=O)c1ccccc1NC(=O)CCNC(=O)c1ccc(F)cc1F. The molecule has 0 unspecified atom stereocenters. The summed E-state index contributed by atoms with van der Waals surface area (Å²) in [5.74, 6) is -3.25. The second kappa shape index (κ2) is 9.59. The third-order valence-electron chi connectivity index (χ3n) is 3.68. The molecule has 6 nitrogen and oxygen atoms in total. The average molecular weight is 389 g/mol. The lowest BCUT2D eigenvalue weighted by Crippen LogP contribution is -2.31. The number of carbonyl (C=O) groups excluding carboxylic acids is 3. The highest BCUT2D eigenvalue weighted by Gasteiger charge is 2.15.